The summed E-state index contributed by atoms with van der Waals surface area (Å²) in [5, 5.41) is 1.09. The topological polar surface area (TPSA) is 61.3 Å². The molecule has 0 N–H and O–H groups in total. The summed E-state index contributed by atoms with van der Waals surface area (Å²) < 4.78 is 9.47. The van der Waals surface area contributed by atoms with Crippen LogP contribution in [0.4, 0.5) is 0 Å². The van der Waals surface area contributed by atoms with Crippen molar-refractivity contribution in [1.82, 2.24) is 9.97 Å². The molecule has 7 heteroatoms. The third-order valence-corrected chi connectivity index (χ3v) is 2.88. The second-order valence-electron chi connectivity index (χ2n) is 3.05. The largest absolute Gasteiger partial charge is 0.469 e. The molecule has 0 spiro atoms. The molecule has 0 bridgehead atoms. The zero-order valence-electron chi connectivity index (χ0n) is 9.60. The Morgan fingerprint density at radius 2 is 2.24 bits per heavy atom. The second-order valence-corrected chi connectivity index (χ2v) is 4.56. The van der Waals surface area contributed by atoms with Crippen LogP contribution in [0.3, 0.4) is 0 Å². The minimum absolute atomic E-state index is 0.241. The number of hydrogen-bond donors (Lipinski definition) is 0. The third-order valence-electron chi connectivity index (χ3n) is 1.77. The fraction of sp³-hybridized carbons (Fsp3) is 0.500. The van der Waals surface area contributed by atoms with Crippen molar-refractivity contribution in [3.05, 3.63) is 17.0 Å². The number of nitrogens with zero attached hydrogens (tertiary/aromatic N) is 2. The summed E-state index contributed by atoms with van der Waals surface area (Å²) >= 11 is 7.27. The van der Waals surface area contributed by atoms with Crippen molar-refractivity contribution in [2.75, 3.05) is 20.0 Å². The van der Waals surface area contributed by atoms with Crippen LogP contribution >= 0.6 is 23.4 Å². The van der Waals surface area contributed by atoms with E-state index in [2.05, 4.69) is 14.7 Å². The molecule has 94 valence electrons. The highest BCUT2D eigenvalue weighted by molar-refractivity contribution is 7.99. The van der Waals surface area contributed by atoms with E-state index in [-0.39, 0.29) is 5.97 Å². The molecule has 1 aromatic heterocycles. The summed E-state index contributed by atoms with van der Waals surface area (Å²) in [5.74, 6) is 0.877. The van der Waals surface area contributed by atoms with Crippen LogP contribution in [0.15, 0.2) is 11.1 Å². The molecule has 5 nitrogen and oxygen atoms in total. The Morgan fingerprint density at radius 1 is 1.47 bits per heavy atom. The van der Waals surface area contributed by atoms with Crippen molar-refractivity contribution in [1.29, 1.82) is 0 Å². The Bertz CT molecular complexity index is 390. The van der Waals surface area contributed by atoms with E-state index in [1.165, 1.54) is 18.9 Å². The number of halogens is 1. The zero-order chi connectivity index (χ0) is 12.7. The number of methoxy groups -OCH3 is 2. The molecule has 0 saturated carbocycles. The van der Waals surface area contributed by atoms with E-state index in [1.807, 2.05) is 0 Å². The Kier molecular flexibility index (Phi) is 6.25. The highest BCUT2D eigenvalue weighted by Crippen LogP contribution is 2.19. The fourth-order valence-electron chi connectivity index (χ4n) is 1.05. The van der Waals surface area contributed by atoms with Crippen molar-refractivity contribution in [2.45, 2.75) is 18.1 Å². The minimum Gasteiger partial charge on any atom is -0.469 e. The molecule has 0 saturated heterocycles. The summed E-state index contributed by atoms with van der Waals surface area (Å²) in [6.45, 7) is 0.311. The molecule has 0 amide bonds. The van der Waals surface area contributed by atoms with Gasteiger partial charge in [0.25, 0.3) is 0 Å². The van der Waals surface area contributed by atoms with E-state index in [4.69, 9.17) is 16.3 Å². The van der Waals surface area contributed by atoms with Gasteiger partial charge in [-0.25, -0.2) is 9.97 Å². The summed E-state index contributed by atoms with van der Waals surface area (Å²) in [4.78, 5) is 19.2. The predicted molar refractivity (Wildman–Crippen MR) is 65.1 cm³/mol. The number of carbonyl (C=O) groups excluding carboxylic acids is 1. The van der Waals surface area contributed by atoms with Crippen molar-refractivity contribution in [3.8, 4) is 0 Å². The Labute approximate surface area is 109 Å². The first-order valence-electron chi connectivity index (χ1n) is 4.87. The normalized spacial score (nSPS) is 10.3. The molecule has 0 radical (unpaired) electrons. The number of thioether (sulfide) groups is 1. The minimum atomic E-state index is -0.241. The average molecular weight is 277 g/mol. The third kappa shape index (κ3) is 5.34. The van der Waals surface area contributed by atoms with Crippen molar-refractivity contribution >= 4 is 29.3 Å². The summed E-state index contributed by atoms with van der Waals surface area (Å²) in [6, 6.07) is 1.66. The van der Waals surface area contributed by atoms with Crippen LogP contribution in [0.2, 0.25) is 5.15 Å². The molecule has 1 heterocycles. The van der Waals surface area contributed by atoms with E-state index >= 15 is 0 Å². The predicted octanol–water partition coefficient (Wildman–Crippen LogP) is 1.93. The first-order valence-corrected chi connectivity index (χ1v) is 6.24. The Hall–Kier alpha value is -0.850. The molecular weight excluding hydrogens is 264 g/mol. The van der Waals surface area contributed by atoms with Crippen molar-refractivity contribution < 1.29 is 14.3 Å². The first-order chi connectivity index (χ1) is 8.15. The van der Waals surface area contributed by atoms with E-state index in [1.54, 1.807) is 13.2 Å². The SMILES string of the molecule is COCc1nc(Cl)cc(SCCC(=O)OC)n1. The van der Waals surface area contributed by atoms with Crippen LogP contribution in [0.25, 0.3) is 0 Å². The summed E-state index contributed by atoms with van der Waals surface area (Å²) in [5.41, 5.74) is 0. The quantitative estimate of drug-likeness (QED) is 0.449. The lowest BCUT2D eigenvalue weighted by Gasteiger charge is -2.04. The molecule has 0 aromatic carbocycles. The van der Waals surface area contributed by atoms with Crippen LogP contribution in [0, 0.1) is 0 Å². The van der Waals surface area contributed by atoms with E-state index in [0.29, 0.717) is 29.8 Å². The molecule has 0 unspecified atom stereocenters. The van der Waals surface area contributed by atoms with Gasteiger partial charge in [0.15, 0.2) is 5.82 Å². The lowest BCUT2D eigenvalue weighted by Crippen LogP contribution is -2.02. The summed E-state index contributed by atoms with van der Waals surface area (Å²) in [7, 11) is 2.93. The van der Waals surface area contributed by atoms with Crippen LogP contribution in [0.5, 0.6) is 0 Å². The van der Waals surface area contributed by atoms with Gasteiger partial charge in [-0.3, -0.25) is 4.79 Å². The lowest BCUT2D eigenvalue weighted by atomic mass is 10.5. The van der Waals surface area contributed by atoms with Gasteiger partial charge in [0.1, 0.15) is 16.8 Å². The maximum absolute atomic E-state index is 10.9. The molecule has 17 heavy (non-hydrogen) atoms. The Balaban J connectivity index is 2.55. The van der Waals surface area contributed by atoms with Gasteiger partial charge in [0.2, 0.25) is 0 Å². The summed E-state index contributed by atoms with van der Waals surface area (Å²) in [6.07, 6.45) is 0.336. The monoisotopic (exact) mass is 276 g/mol. The highest BCUT2D eigenvalue weighted by Gasteiger charge is 2.05. The van der Waals surface area contributed by atoms with Crippen LogP contribution < -0.4 is 0 Å². The standard InChI is InChI=1S/C10H13ClN2O3S/c1-15-6-8-12-7(11)5-9(13-8)17-4-3-10(14)16-2/h5H,3-4,6H2,1-2H3. The molecule has 0 aliphatic heterocycles. The Morgan fingerprint density at radius 3 is 2.88 bits per heavy atom. The van der Waals surface area contributed by atoms with Gasteiger partial charge in [-0.1, -0.05) is 11.6 Å². The molecule has 0 fully saturated rings. The number of rotatable bonds is 6. The first kappa shape index (κ1) is 14.2. The van der Waals surface area contributed by atoms with Crippen LogP contribution in [0.1, 0.15) is 12.2 Å². The maximum atomic E-state index is 10.9. The van der Waals surface area contributed by atoms with Gasteiger partial charge in [-0.15, -0.1) is 11.8 Å². The average Bonchev–Trinajstić information content (AvgIpc) is 2.28. The van der Waals surface area contributed by atoms with Crippen LogP contribution in [-0.4, -0.2) is 35.9 Å². The van der Waals surface area contributed by atoms with E-state index < -0.39 is 0 Å². The van der Waals surface area contributed by atoms with Gasteiger partial charge in [0, 0.05) is 18.9 Å². The molecule has 1 rings (SSSR count). The highest BCUT2D eigenvalue weighted by atomic mass is 35.5. The lowest BCUT2D eigenvalue weighted by molar-refractivity contribution is -0.140. The van der Waals surface area contributed by atoms with E-state index in [9.17, 15) is 4.79 Å². The molecule has 0 aliphatic rings. The van der Waals surface area contributed by atoms with Crippen molar-refractivity contribution in [3.63, 3.8) is 0 Å². The van der Waals surface area contributed by atoms with Gasteiger partial charge in [-0.2, -0.15) is 0 Å². The number of hydrogen-bond acceptors (Lipinski definition) is 6. The van der Waals surface area contributed by atoms with Gasteiger partial charge >= 0.3 is 5.97 Å². The molecular formula is C10H13ClN2O3S. The molecule has 0 atom stereocenters. The second kappa shape index (κ2) is 7.47. The van der Waals surface area contributed by atoms with Gasteiger partial charge < -0.3 is 9.47 Å². The van der Waals surface area contributed by atoms with Crippen LogP contribution in [-0.2, 0) is 20.9 Å². The molecule has 1 aromatic rings. The van der Waals surface area contributed by atoms with Crippen molar-refractivity contribution in [2.24, 2.45) is 0 Å². The fourth-order valence-corrected chi connectivity index (χ4v) is 2.16. The number of aromatic nitrogens is 2. The zero-order valence-corrected chi connectivity index (χ0v) is 11.2. The molecule has 0 aliphatic carbocycles. The number of ether oxygens (including phenoxy) is 2. The smallest absolute Gasteiger partial charge is 0.306 e. The van der Waals surface area contributed by atoms with Gasteiger partial charge in [-0.05, 0) is 0 Å². The maximum Gasteiger partial charge on any atom is 0.306 e. The number of esters is 1. The van der Waals surface area contributed by atoms with E-state index in [0.717, 1.165) is 5.03 Å². The van der Waals surface area contributed by atoms with Gasteiger partial charge in [0.05, 0.1) is 13.5 Å². The number of carbonyl (C=O) groups is 1.